The van der Waals surface area contributed by atoms with Gasteiger partial charge in [0.2, 0.25) is 0 Å². The molecule has 0 fully saturated rings. The van der Waals surface area contributed by atoms with E-state index in [0.29, 0.717) is 12.2 Å². The molecule has 2 N–H and O–H groups in total. The van der Waals surface area contributed by atoms with E-state index in [0.717, 1.165) is 11.1 Å². The van der Waals surface area contributed by atoms with Gasteiger partial charge in [0.05, 0.1) is 13.3 Å². The number of hydrogen-bond acceptors (Lipinski definition) is 3. The molecule has 0 bridgehead atoms. The summed E-state index contributed by atoms with van der Waals surface area (Å²) in [5, 5.41) is 0. The summed E-state index contributed by atoms with van der Waals surface area (Å²) in [7, 11) is 1.59. The van der Waals surface area contributed by atoms with Crippen LogP contribution in [0.15, 0.2) is 42.7 Å². The molecule has 0 aliphatic rings. The fraction of sp³-hybridized carbons (Fsp3) is 0.267. The van der Waals surface area contributed by atoms with Crippen molar-refractivity contribution in [2.45, 2.75) is 18.9 Å². The maximum absolute atomic E-state index is 12.9. The maximum atomic E-state index is 12.9. The highest BCUT2D eigenvalue weighted by atomic mass is 19.1. The van der Waals surface area contributed by atoms with Crippen LogP contribution in [0.25, 0.3) is 0 Å². The van der Waals surface area contributed by atoms with Gasteiger partial charge in [-0.1, -0.05) is 12.1 Å². The average Bonchev–Trinajstić information content (AvgIpc) is 2.41. The van der Waals surface area contributed by atoms with Crippen molar-refractivity contribution in [3.05, 3.63) is 59.7 Å². The van der Waals surface area contributed by atoms with Crippen molar-refractivity contribution in [2.24, 2.45) is 5.73 Å². The number of ether oxygens (including phenoxy) is 1. The number of aromatic nitrogens is 1. The summed E-state index contributed by atoms with van der Waals surface area (Å²) in [6.45, 7) is 1.92. The normalized spacial score (nSPS) is 13.9. The van der Waals surface area contributed by atoms with E-state index in [1.165, 1.54) is 12.1 Å². The second-order valence-corrected chi connectivity index (χ2v) is 4.83. The van der Waals surface area contributed by atoms with Crippen molar-refractivity contribution in [3.8, 4) is 5.75 Å². The van der Waals surface area contributed by atoms with Gasteiger partial charge in [0.15, 0.2) is 0 Å². The number of rotatable bonds is 4. The lowest BCUT2D eigenvalue weighted by Crippen LogP contribution is -2.35. The molecule has 3 nitrogen and oxygen atoms in total. The van der Waals surface area contributed by atoms with Crippen LogP contribution in [-0.2, 0) is 12.0 Å². The fourth-order valence-corrected chi connectivity index (χ4v) is 1.97. The van der Waals surface area contributed by atoms with Gasteiger partial charge in [-0.2, -0.15) is 0 Å². The quantitative estimate of drug-likeness (QED) is 0.919. The first kappa shape index (κ1) is 13.5. The Hall–Kier alpha value is -1.94. The minimum Gasteiger partial charge on any atom is -0.495 e. The molecule has 0 aliphatic heterocycles. The lowest BCUT2D eigenvalue weighted by molar-refractivity contribution is 0.408. The van der Waals surface area contributed by atoms with Gasteiger partial charge in [-0.05, 0) is 42.7 Å². The zero-order chi connectivity index (χ0) is 13.9. The molecular weight excluding hydrogens is 243 g/mol. The molecule has 0 saturated carbocycles. The molecular formula is C15H17FN2O. The first-order valence-corrected chi connectivity index (χ1v) is 6.04. The van der Waals surface area contributed by atoms with E-state index in [-0.39, 0.29) is 5.82 Å². The monoisotopic (exact) mass is 260 g/mol. The third-order valence-electron chi connectivity index (χ3n) is 3.09. The Kier molecular flexibility index (Phi) is 3.81. The highest BCUT2D eigenvalue weighted by Crippen LogP contribution is 2.25. The van der Waals surface area contributed by atoms with Gasteiger partial charge in [-0.25, -0.2) is 4.39 Å². The van der Waals surface area contributed by atoms with Crippen LogP contribution in [0.3, 0.4) is 0 Å². The number of nitrogens with two attached hydrogens (primary N) is 1. The molecule has 2 aromatic rings. The molecule has 0 spiro atoms. The van der Waals surface area contributed by atoms with Gasteiger partial charge in [-0.15, -0.1) is 0 Å². The Labute approximate surface area is 112 Å². The Balaban J connectivity index is 2.23. The fourth-order valence-electron chi connectivity index (χ4n) is 1.97. The summed E-state index contributed by atoms with van der Waals surface area (Å²) >= 11 is 0. The summed E-state index contributed by atoms with van der Waals surface area (Å²) in [5.74, 6) is 0.429. The molecule has 1 aromatic carbocycles. The van der Waals surface area contributed by atoms with Gasteiger partial charge in [0.25, 0.3) is 0 Å². The zero-order valence-corrected chi connectivity index (χ0v) is 11.1. The third kappa shape index (κ3) is 3.29. The van der Waals surface area contributed by atoms with Crippen LogP contribution in [0.4, 0.5) is 4.39 Å². The van der Waals surface area contributed by atoms with Crippen molar-refractivity contribution < 1.29 is 9.13 Å². The van der Waals surface area contributed by atoms with Crippen LogP contribution in [0, 0.1) is 5.82 Å². The Morgan fingerprint density at radius 2 is 1.95 bits per heavy atom. The number of pyridine rings is 1. The molecule has 1 aromatic heterocycles. The lowest BCUT2D eigenvalue weighted by Gasteiger charge is -2.25. The van der Waals surface area contributed by atoms with Crippen molar-refractivity contribution >= 4 is 0 Å². The molecule has 0 radical (unpaired) electrons. The van der Waals surface area contributed by atoms with Crippen molar-refractivity contribution in [3.63, 3.8) is 0 Å². The second-order valence-electron chi connectivity index (χ2n) is 4.83. The van der Waals surface area contributed by atoms with Crippen LogP contribution in [0.1, 0.15) is 18.1 Å². The summed E-state index contributed by atoms with van der Waals surface area (Å²) in [6.07, 6.45) is 3.96. The van der Waals surface area contributed by atoms with Crippen LogP contribution in [0.2, 0.25) is 0 Å². The molecule has 0 aliphatic carbocycles. The highest BCUT2D eigenvalue weighted by Gasteiger charge is 2.22. The third-order valence-corrected chi connectivity index (χ3v) is 3.09. The molecule has 100 valence electrons. The van der Waals surface area contributed by atoms with Crippen molar-refractivity contribution in [1.29, 1.82) is 0 Å². The van der Waals surface area contributed by atoms with E-state index in [2.05, 4.69) is 4.98 Å². The topological polar surface area (TPSA) is 48.1 Å². The first-order chi connectivity index (χ1) is 9.01. The largest absolute Gasteiger partial charge is 0.495 e. The molecule has 2 rings (SSSR count). The van der Waals surface area contributed by atoms with Gasteiger partial charge in [0, 0.05) is 11.7 Å². The van der Waals surface area contributed by atoms with E-state index < -0.39 is 5.54 Å². The average molecular weight is 260 g/mol. The smallest absolute Gasteiger partial charge is 0.137 e. The van der Waals surface area contributed by atoms with Crippen molar-refractivity contribution in [2.75, 3.05) is 7.11 Å². The van der Waals surface area contributed by atoms with E-state index in [4.69, 9.17) is 10.5 Å². The minimum absolute atomic E-state index is 0.245. The van der Waals surface area contributed by atoms with Crippen LogP contribution in [-0.4, -0.2) is 12.1 Å². The predicted molar refractivity (Wildman–Crippen MR) is 72.4 cm³/mol. The van der Waals surface area contributed by atoms with E-state index in [1.54, 1.807) is 31.6 Å². The summed E-state index contributed by atoms with van der Waals surface area (Å²) in [5.41, 5.74) is 7.62. The number of halogens is 1. The Morgan fingerprint density at radius 1 is 1.26 bits per heavy atom. The van der Waals surface area contributed by atoms with Crippen LogP contribution in [0.5, 0.6) is 5.75 Å². The number of benzene rings is 1. The summed E-state index contributed by atoms with van der Waals surface area (Å²) in [4.78, 5) is 4.11. The number of methoxy groups -OCH3 is 1. The van der Waals surface area contributed by atoms with Crippen LogP contribution >= 0.6 is 0 Å². The van der Waals surface area contributed by atoms with Crippen LogP contribution < -0.4 is 10.5 Å². The zero-order valence-electron chi connectivity index (χ0n) is 11.1. The highest BCUT2D eigenvalue weighted by molar-refractivity contribution is 5.31. The predicted octanol–water partition coefficient (Wildman–Crippen LogP) is 2.65. The standard InChI is InChI=1S/C15H17FN2O/c1-15(17,8-11-3-5-13(16)6-4-11)12-7-14(19-2)10-18-9-12/h3-7,9-10H,8,17H2,1-2H3. The molecule has 4 heteroatoms. The second kappa shape index (κ2) is 5.36. The van der Waals surface area contributed by atoms with Crippen molar-refractivity contribution in [1.82, 2.24) is 4.98 Å². The number of hydrogen-bond donors (Lipinski definition) is 1. The molecule has 1 unspecified atom stereocenters. The molecule has 0 saturated heterocycles. The minimum atomic E-state index is -0.584. The summed E-state index contributed by atoms with van der Waals surface area (Å²) in [6, 6.07) is 8.24. The summed E-state index contributed by atoms with van der Waals surface area (Å²) < 4.78 is 18.0. The SMILES string of the molecule is COc1cncc(C(C)(N)Cc2ccc(F)cc2)c1. The van der Waals surface area contributed by atoms with E-state index in [1.807, 2.05) is 13.0 Å². The molecule has 0 amide bonds. The van der Waals surface area contributed by atoms with E-state index in [9.17, 15) is 4.39 Å². The Morgan fingerprint density at radius 3 is 2.58 bits per heavy atom. The lowest BCUT2D eigenvalue weighted by atomic mass is 9.87. The van der Waals surface area contributed by atoms with E-state index >= 15 is 0 Å². The van der Waals surface area contributed by atoms with Gasteiger partial charge in [-0.3, -0.25) is 4.98 Å². The van der Waals surface area contributed by atoms with Gasteiger partial charge in [0.1, 0.15) is 11.6 Å². The van der Waals surface area contributed by atoms with Gasteiger partial charge >= 0.3 is 0 Å². The van der Waals surface area contributed by atoms with Gasteiger partial charge < -0.3 is 10.5 Å². The first-order valence-electron chi connectivity index (χ1n) is 6.04. The Bertz CT molecular complexity index is 552. The maximum Gasteiger partial charge on any atom is 0.137 e. The number of nitrogens with zero attached hydrogens (tertiary/aromatic N) is 1. The molecule has 1 heterocycles. The molecule has 19 heavy (non-hydrogen) atoms. The molecule has 1 atom stereocenters.